The average Bonchev–Trinajstić information content (AvgIpc) is 2.24. The zero-order valence-electron chi connectivity index (χ0n) is 12.8. The second-order valence-corrected chi connectivity index (χ2v) is 5.93. The van der Waals surface area contributed by atoms with Gasteiger partial charge in [0.15, 0.2) is 0 Å². The number of nitrogens with zero attached hydrogens (tertiary/aromatic N) is 1. The van der Waals surface area contributed by atoms with E-state index in [1.807, 2.05) is 27.7 Å². The molecule has 1 heterocycles. The Hall–Kier alpha value is -1.42. The minimum Gasteiger partial charge on any atom is -0.369 e. The van der Waals surface area contributed by atoms with Crippen molar-refractivity contribution in [1.29, 1.82) is 0 Å². The van der Waals surface area contributed by atoms with Crippen molar-refractivity contribution < 1.29 is 4.79 Å². The number of carbonyl (C=O) groups excluding carboxylic acids is 1. The first-order valence-corrected chi connectivity index (χ1v) is 6.63. The summed E-state index contributed by atoms with van der Waals surface area (Å²) in [5.41, 5.74) is 9.33. The molecule has 1 atom stereocenters. The van der Waals surface area contributed by atoms with Crippen LogP contribution in [0, 0.1) is 26.2 Å². The summed E-state index contributed by atoms with van der Waals surface area (Å²) in [4.78, 5) is 15.8. The SMILES string of the molecule is Cc1cc(C)c(C(C)NCC(C)(C)C(N)=O)c(C)n1. The monoisotopic (exact) mass is 263 g/mol. The summed E-state index contributed by atoms with van der Waals surface area (Å²) in [6, 6.07) is 2.23. The van der Waals surface area contributed by atoms with Gasteiger partial charge in [-0.15, -0.1) is 0 Å². The maximum atomic E-state index is 11.3. The van der Waals surface area contributed by atoms with E-state index in [1.165, 1.54) is 11.1 Å². The van der Waals surface area contributed by atoms with Gasteiger partial charge in [0.2, 0.25) is 5.91 Å². The number of aryl methyl sites for hydroxylation is 3. The molecule has 3 N–H and O–H groups in total. The minimum atomic E-state index is -0.547. The maximum absolute atomic E-state index is 11.3. The van der Waals surface area contributed by atoms with Crippen LogP contribution in [0.1, 0.15) is 49.3 Å². The van der Waals surface area contributed by atoms with Crippen LogP contribution in [0.25, 0.3) is 0 Å². The Bertz CT molecular complexity index is 457. The predicted octanol–water partition coefficient (Wildman–Crippen LogP) is 2.17. The Morgan fingerprint density at radius 2 is 2.00 bits per heavy atom. The Balaban J connectivity index is 2.85. The molecule has 0 saturated heterocycles. The number of rotatable bonds is 5. The fourth-order valence-corrected chi connectivity index (χ4v) is 2.29. The zero-order chi connectivity index (χ0) is 14.8. The number of pyridine rings is 1. The number of hydrogen-bond acceptors (Lipinski definition) is 3. The first kappa shape index (κ1) is 15.6. The minimum absolute atomic E-state index is 0.145. The van der Waals surface area contributed by atoms with E-state index in [2.05, 4.69) is 30.2 Å². The lowest BCUT2D eigenvalue weighted by Crippen LogP contribution is -2.41. The van der Waals surface area contributed by atoms with Crippen LogP contribution in [0.15, 0.2) is 6.07 Å². The number of hydrogen-bond donors (Lipinski definition) is 2. The third-order valence-corrected chi connectivity index (χ3v) is 3.53. The second kappa shape index (κ2) is 5.70. The molecule has 0 aliphatic heterocycles. The summed E-state index contributed by atoms with van der Waals surface area (Å²) >= 11 is 0. The first-order valence-electron chi connectivity index (χ1n) is 6.63. The van der Waals surface area contributed by atoms with Crippen LogP contribution in [-0.2, 0) is 4.79 Å². The fourth-order valence-electron chi connectivity index (χ4n) is 2.29. The van der Waals surface area contributed by atoms with Crippen molar-refractivity contribution in [3.05, 3.63) is 28.6 Å². The van der Waals surface area contributed by atoms with Gasteiger partial charge in [-0.3, -0.25) is 9.78 Å². The van der Waals surface area contributed by atoms with Gasteiger partial charge in [0.1, 0.15) is 0 Å². The molecule has 4 nitrogen and oxygen atoms in total. The average molecular weight is 263 g/mol. The van der Waals surface area contributed by atoms with Crippen LogP contribution in [0.3, 0.4) is 0 Å². The van der Waals surface area contributed by atoms with Gasteiger partial charge >= 0.3 is 0 Å². The van der Waals surface area contributed by atoms with Crippen LogP contribution >= 0.6 is 0 Å². The van der Waals surface area contributed by atoms with Gasteiger partial charge in [0, 0.05) is 24.0 Å². The Morgan fingerprint density at radius 3 is 2.47 bits per heavy atom. The Labute approximate surface area is 115 Å². The normalized spacial score (nSPS) is 13.4. The van der Waals surface area contributed by atoms with Crippen molar-refractivity contribution in [3.8, 4) is 0 Å². The molecule has 1 unspecified atom stereocenters. The predicted molar refractivity (Wildman–Crippen MR) is 77.8 cm³/mol. The highest BCUT2D eigenvalue weighted by atomic mass is 16.1. The van der Waals surface area contributed by atoms with Gasteiger partial charge in [0.05, 0.1) is 5.41 Å². The largest absolute Gasteiger partial charge is 0.369 e. The number of nitrogens with one attached hydrogen (secondary N) is 1. The molecule has 19 heavy (non-hydrogen) atoms. The second-order valence-electron chi connectivity index (χ2n) is 5.93. The molecular weight excluding hydrogens is 238 g/mol. The van der Waals surface area contributed by atoms with Crippen LogP contribution in [-0.4, -0.2) is 17.4 Å². The summed E-state index contributed by atoms with van der Waals surface area (Å²) < 4.78 is 0. The summed E-state index contributed by atoms with van der Waals surface area (Å²) in [6.45, 7) is 12.4. The van der Waals surface area contributed by atoms with E-state index in [0.717, 1.165) is 11.4 Å². The van der Waals surface area contributed by atoms with E-state index < -0.39 is 5.41 Å². The molecule has 0 aliphatic carbocycles. The summed E-state index contributed by atoms with van der Waals surface area (Å²) in [5, 5.41) is 3.38. The standard InChI is InChI=1S/C15H25N3O/c1-9-7-10(2)18-12(4)13(9)11(3)17-8-15(5,6)14(16)19/h7,11,17H,8H2,1-6H3,(H2,16,19). The molecule has 0 aliphatic rings. The molecule has 1 amide bonds. The lowest BCUT2D eigenvalue weighted by atomic mass is 9.91. The molecule has 4 heteroatoms. The number of primary amides is 1. The van der Waals surface area contributed by atoms with Gasteiger partial charge in [-0.05, 0) is 58.7 Å². The number of nitrogens with two attached hydrogens (primary N) is 1. The summed E-state index contributed by atoms with van der Waals surface area (Å²) in [6.07, 6.45) is 0. The first-order chi connectivity index (χ1) is 8.65. The molecular formula is C15H25N3O. The lowest BCUT2D eigenvalue weighted by molar-refractivity contribution is -0.125. The molecule has 0 radical (unpaired) electrons. The quantitative estimate of drug-likeness (QED) is 0.855. The molecule has 1 rings (SSSR count). The van der Waals surface area contributed by atoms with Crippen molar-refractivity contribution >= 4 is 5.91 Å². The topological polar surface area (TPSA) is 68.0 Å². The van der Waals surface area contributed by atoms with E-state index in [4.69, 9.17) is 5.73 Å². The van der Waals surface area contributed by atoms with E-state index in [1.54, 1.807) is 0 Å². The van der Waals surface area contributed by atoms with Crippen molar-refractivity contribution in [2.45, 2.75) is 47.6 Å². The van der Waals surface area contributed by atoms with E-state index in [0.29, 0.717) is 6.54 Å². The molecule has 0 spiro atoms. The van der Waals surface area contributed by atoms with Crippen molar-refractivity contribution in [2.24, 2.45) is 11.1 Å². The van der Waals surface area contributed by atoms with Gasteiger partial charge in [0.25, 0.3) is 0 Å². The molecule has 1 aromatic heterocycles. The fraction of sp³-hybridized carbons (Fsp3) is 0.600. The van der Waals surface area contributed by atoms with Gasteiger partial charge in [-0.25, -0.2) is 0 Å². The van der Waals surface area contributed by atoms with Crippen LogP contribution in [0.5, 0.6) is 0 Å². The Kier molecular flexibility index (Phi) is 4.69. The van der Waals surface area contributed by atoms with Gasteiger partial charge in [-0.1, -0.05) is 0 Å². The van der Waals surface area contributed by atoms with Crippen molar-refractivity contribution in [1.82, 2.24) is 10.3 Å². The smallest absolute Gasteiger partial charge is 0.224 e. The van der Waals surface area contributed by atoms with Gasteiger partial charge in [-0.2, -0.15) is 0 Å². The van der Waals surface area contributed by atoms with Crippen LogP contribution < -0.4 is 11.1 Å². The van der Waals surface area contributed by atoms with Gasteiger partial charge < -0.3 is 11.1 Å². The lowest BCUT2D eigenvalue weighted by Gasteiger charge is -2.25. The van der Waals surface area contributed by atoms with Crippen LogP contribution in [0.4, 0.5) is 0 Å². The third kappa shape index (κ3) is 3.77. The Morgan fingerprint density at radius 1 is 1.42 bits per heavy atom. The third-order valence-electron chi connectivity index (χ3n) is 3.53. The number of amides is 1. The molecule has 0 bridgehead atoms. The summed E-state index contributed by atoms with van der Waals surface area (Å²) in [7, 11) is 0. The highest BCUT2D eigenvalue weighted by molar-refractivity contribution is 5.80. The highest BCUT2D eigenvalue weighted by Crippen LogP contribution is 2.22. The van der Waals surface area contributed by atoms with E-state index in [-0.39, 0.29) is 11.9 Å². The highest BCUT2D eigenvalue weighted by Gasteiger charge is 2.25. The molecule has 0 aromatic carbocycles. The molecule has 106 valence electrons. The molecule has 0 fully saturated rings. The zero-order valence-corrected chi connectivity index (χ0v) is 12.8. The number of aromatic nitrogens is 1. The van der Waals surface area contributed by atoms with Crippen molar-refractivity contribution in [2.75, 3.05) is 6.54 Å². The maximum Gasteiger partial charge on any atom is 0.224 e. The van der Waals surface area contributed by atoms with Crippen molar-refractivity contribution in [3.63, 3.8) is 0 Å². The van der Waals surface area contributed by atoms with E-state index >= 15 is 0 Å². The molecule has 0 saturated carbocycles. The number of carbonyl (C=O) groups is 1. The molecule has 1 aromatic rings. The van der Waals surface area contributed by atoms with E-state index in [9.17, 15) is 4.79 Å². The van der Waals surface area contributed by atoms with Crippen LogP contribution in [0.2, 0.25) is 0 Å². The summed E-state index contributed by atoms with van der Waals surface area (Å²) in [5.74, 6) is -0.289.